The summed E-state index contributed by atoms with van der Waals surface area (Å²) in [6.07, 6.45) is 1.65. The number of para-hydroxylation sites is 2. The Morgan fingerprint density at radius 3 is 2.85 bits per heavy atom. The fourth-order valence-corrected chi connectivity index (χ4v) is 2.72. The van der Waals surface area contributed by atoms with Crippen LogP contribution in [0.1, 0.15) is 5.56 Å². The summed E-state index contributed by atoms with van der Waals surface area (Å²) in [6.45, 7) is 0. The summed E-state index contributed by atoms with van der Waals surface area (Å²) in [5, 5.41) is 10.4. The number of hydrogen-bond acceptors (Lipinski definition) is 5. The standard InChI is InChI=1S/C15H12N2O2S/c1-19-14-10(5-4-7-12(14)18)9-16-15-17-11-6-2-3-8-13(11)20-15/h2-9,18H,1H3. The maximum absolute atomic E-state index is 9.70. The van der Waals surface area contributed by atoms with Gasteiger partial charge in [-0.25, -0.2) is 9.98 Å². The second kappa shape index (κ2) is 5.30. The molecule has 0 unspecified atom stereocenters. The average molecular weight is 284 g/mol. The number of rotatable bonds is 3. The first-order valence-electron chi connectivity index (χ1n) is 6.03. The number of aliphatic imine (C=N–C) groups is 1. The van der Waals surface area contributed by atoms with Crippen LogP contribution in [0.2, 0.25) is 0 Å². The highest BCUT2D eigenvalue weighted by molar-refractivity contribution is 7.22. The van der Waals surface area contributed by atoms with Crippen molar-refractivity contribution in [1.82, 2.24) is 4.98 Å². The van der Waals surface area contributed by atoms with E-state index < -0.39 is 0 Å². The van der Waals surface area contributed by atoms with Gasteiger partial charge in [-0.05, 0) is 24.3 Å². The summed E-state index contributed by atoms with van der Waals surface area (Å²) in [5.74, 6) is 0.512. The van der Waals surface area contributed by atoms with Crippen molar-refractivity contribution < 1.29 is 9.84 Å². The van der Waals surface area contributed by atoms with E-state index in [9.17, 15) is 5.11 Å². The van der Waals surface area contributed by atoms with E-state index in [2.05, 4.69) is 9.98 Å². The van der Waals surface area contributed by atoms with Gasteiger partial charge in [-0.3, -0.25) is 0 Å². The smallest absolute Gasteiger partial charge is 0.210 e. The van der Waals surface area contributed by atoms with Crippen molar-refractivity contribution >= 4 is 32.9 Å². The number of thiazole rings is 1. The Kier molecular flexibility index (Phi) is 3.35. The Hall–Kier alpha value is -2.40. The van der Waals surface area contributed by atoms with Gasteiger partial charge < -0.3 is 9.84 Å². The summed E-state index contributed by atoms with van der Waals surface area (Å²) >= 11 is 1.52. The number of aromatic nitrogens is 1. The molecule has 1 aromatic heterocycles. The molecule has 0 bridgehead atoms. The molecule has 2 aromatic carbocycles. The number of hydrogen-bond donors (Lipinski definition) is 1. The molecule has 3 aromatic rings. The number of nitrogens with zero attached hydrogens (tertiary/aromatic N) is 2. The number of aromatic hydroxyl groups is 1. The molecule has 0 amide bonds. The number of ether oxygens (including phenoxy) is 1. The van der Waals surface area contributed by atoms with Crippen LogP contribution in [0.3, 0.4) is 0 Å². The van der Waals surface area contributed by atoms with Crippen LogP contribution in [0.5, 0.6) is 11.5 Å². The molecule has 0 fully saturated rings. The third kappa shape index (κ3) is 2.35. The Balaban J connectivity index is 1.96. The zero-order valence-corrected chi connectivity index (χ0v) is 11.6. The molecule has 0 saturated heterocycles. The number of fused-ring (bicyclic) bond motifs is 1. The second-order valence-electron chi connectivity index (χ2n) is 4.12. The van der Waals surface area contributed by atoms with Gasteiger partial charge in [-0.1, -0.05) is 29.5 Å². The monoisotopic (exact) mass is 284 g/mol. The van der Waals surface area contributed by atoms with E-state index >= 15 is 0 Å². The van der Waals surface area contributed by atoms with Crippen LogP contribution in [0.25, 0.3) is 10.2 Å². The lowest BCUT2D eigenvalue weighted by Crippen LogP contribution is -1.90. The van der Waals surface area contributed by atoms with Gasteiger partial charge >= 0.3 is 0 Å². The van der Waals surface area contributed by atoms with Crippen molar-refractivity contribution in [2.45, 2.75) is 0 Å². The topological polar surface area (TPSA) is 54.7 Å². The minimum Gasteiger partial charge on any atom is -0.504 e. The van der Waals surface area contributed by atoms with Gasteiger partial charge in [0.05, 0.1) is 17.3 Å². The highest BCUT2D eigenvalue weighted by atomic mass is 32.1. The molecule has 0 radical (unpaired) electrons. The quantitative estimate of drug-likeness (QED) is 0.745. The van der Waals surface area contributed by atoms with Gasteiger partial charge in [0.2, 0.25) is 5.13 Å². The van der Waals surface area contributed by atoms with E-state index in [0.717, 1.165) is 10.2 Å². The zero-order valence-electron chi connectivity index (χ0n) is 10.8. The van der Waals surface area contributed by atoms with Gasteiger partial charge in [-0.2, -0.15) is 0 Å². The van der Waals surface area contributed by atoms with E-state index in [1.54, 1.807) is 18.3 Å². The summed E-state index contributed by atoms with van der Waals surface area (Å²) < 4.78 is 6.26. The van der Waals surface area contributed by atoms with Crippen molar-refractivity contribution in [2.24, 2.45) is 4.99 Å². The van der Waals surface area contributed by atoms with Crippen molar-refractivity contribution in [3.8, 4) is 11.5 Å². The van der Waals surface area contributed by atoms with Crippen LogP contribution >= 0.6 is 11.3 Å². The van der Waals surface area contributed by atoms with Crippen molar-refractivity contribution in [1.29, 1.82) is 0 Å². The maximum Gasteiger partial charge on any atom is 0.210 e. The molecule has 100 valence electrons. The lowest BCUT2D eigenvalue weighted by Gasteiger charge is -2.05. The first-order valence-corrected chi connectivity index (χ1v) is 6.85. The molecule has 0 aliphatic heterocycles. The van der Waals surface area contributed by atoms with E-state index in [1.807, 2.05) is 30.3 Å². The second-order valence-corrected chi connectivity index (χ2v) is 5.13. The molecule has 4 nitrogen and oxygen atoms in total. The zero-order chi connectivity index (χ0) is 13.9. The predicted octanol–water partition coefficient (Wildman–Crippen LogP) is 3.76. The molecule has 5 heteroatoms. The number of methoxy groups -OCH3 is 1. The minimum atomic E-state index is 0.0979. The van der Waals surface area contributed by atoms with E-state index in [0.29, 0.717) is 16.4 Å². The molecule has 0 aliphatic rings. The van der Waals surface area contributed by atoms with Crippen LogP contribution < -0.4 is 4.74 Å². The molecule has 1 N–H and O–H groups in total. The molecule has 0 aliphatic carbocycles. The fourth-order valence-electron chi connectivity index (χ4n) is 1.91. The van der Waals surface area contributed by atoms with Crippen LogP contribution in [0, 0.1) is 0 Å². The van der Waals surface area contributed by atoms with E-state index in [1.165, 1.54) is 18.4 Å². The van der Waals surface area contributed by atoms with Crippen molar-refractivity contribution in [3.05, 3.63) is 48.0 Å². The Morgan fingerprint density at radius 1 is 1.20 bits per heavy atom. The molecule has 0 atom stereocenters. The summed E-state index contributed by atoms with van der Waals surface area (Å²) in [4.78, 5) is 8.78. The molecule has 20 heavy (non-hydrogen) atoms. The molecule has 3 rings (SSSR count). The predicted molar refractivity (Wildman–Crippen MR) is 81.5 cm³/mol. The first kappa shape index (κ1) is 12.6. The summed E-state index contributed by atoms with van der Waals surface area (Å²) in [6, 6.07) is 13.1. The number of phenolic OH excluding ortho intramolecular Hbond substituents is 1. The first-order chi connectivity index (χ1) is 9.78. The third-order valence-electron chi connectivity index (χ3n) is 2.83. The lowest BCUT2D eigenvalue weighted by molar-refractivity contribution is 0.373. The normalized spacial score (nSPS) is 11.2. The molecule has 1 heterocycles. The SMILES string of the molecule is COc1c(O)cccc1C=Nc1nc2ccccc2s1. The van der Waals surface area contributed by atoms with Crippen LogP contribution in [0.4, 0.5) is 5.13 Å². The van der Waals surface area contributed by atoms with Gasteiger partial charge in [0, 0.05) is 11.8 Å². The average Bonchev–Trinajstić information content (AvgIpc) is 2.88. The molecular formula is C15H12N2O2S. The van der Waals surface area contributed by atoms with E-state index in [4.69, 9.17) is 4.74 Å². The van der Waals surface area contributed by atoms with Gasteiger partial charge in [0.1, 0.15) is 0 Å². The number of benzene rings is 2. The maximum atomic E-state index is 9.70. The highest BCUT2D eigenvalue weighted by Gasteiger charge is 2.06. The highest BCUT2D eigenvalue weighted by Crippen LogP contribution is 2.30. The van der Waals surface area contributed by atoms with Gasteiger partial charge in [-0.15, -0.1) is 0 Å². The van der Waals surface area contributed by atoms with Gasteiger partial charge in [0.15, 0.2) is 11.5 Å². The van der Waals surface area contributed by atoms with Crippen LogP contribution in [-0.4, -0.2) is 23.4 Å². The number of phenols is 1. The lowest BCUT2D eigenvalue weighted by atomic mass is 10.2. The minimum absolute atomic E-state index is 0.0979. The van der Waals surface area contributed by atoms with Crippen molar-refractivity contribution in [3.63, 3.8) is 0 Å². The van der Waals surface area contributed by atoms with Crippen LogP contribution in [0.15, 0.2) is 47.5 Å². The molecule has 0 saturated carbocycles. The Bertz CT molecular complexity index is 747. The fraction of sp³-hybridized carbons (Fsp3) is 0.0667. The van der Waals surface area contributed by atoms with Crippen LogP contribution in [-0.2, 0) is 0 Å². The largest absolute Gasteiger partial charge is 0.504 e. The summed E-state index contributed by atoms with van der Waals surface area (Å²) in [7, 11) is 1.52. The molecule has 0 spiro atoms. The summed E-state index contributed by atoms with van der Waals surface area (Å²) in [5.41, 5.74) is 1.65. The Labute approximate surface area is 120 Å². The van der Waals surface area contributed by atoms with Crippen molar-refractivity contribution in [2.75, 3.05) is 7.11 Å². The van der Waals surface area contributed by atoms with E-state index in [-0.39, 0.29) is 5.75 Å². The van der Waals surface area contributed by atoms with Gasteiger partial charge in [0.25, 0.3) is 0 Å². The third-order valence-corrected chi connectivity index (χ3v) is 3.77. The Morgan fingerprint density at radius 2 is 2.05 bits per heavy atom. The molecular weight excluding hydrogens is 272 g/mol.